The molecule has 0 aromatic heterocycles. The highest BCUT2D eigenvalue weighted by Crippen LogP contribution is 2.35. The van der Waals surface area contributed by atoms with Crippen molar-refractivity contribution in [1.82, 2.24) is 0 Å². The van der Waals surface area contributed by atoms with Gasteiger partial charge >= 0.3 is 12.2 Å². The molecule has 0 radical (unpaired) electrons. The highest BCUT2D eigenvalue weighted by Gasteiger charge is 2.34. The van der Waals surface area contributed by atoms with E-state index in [2.05, 4.69) is 11.3 Å². The van der Waals surface area contributed by atoms with Crippen molar-refractivity contribution in [3.8, 4) is 33.8 Å². The van der Waals surface area contributed by atoms with Gasteiger partial charge in [-0.2, -0.15) is 17.6 Å². The van der Waals surface area contributed by atoms with Gasteiger partial charge in [-0.1, -0.05) is 54.6 Å². The Bertz CT molecular complexity index is 1430. The fraction of sp³-hybridized carbons (Fsp3) is 0.0968. The molecule has 0 aliphatic heterocycles. The van der Waals surface area contributed by atoms with E-state index in [9.17, 15) is 26.3 Å². The van der Waals surface area contributed by atoms with E-state index < -0.39 is 29.6 Å². The predicted octanol–water partition coefficient (Wildman–Crippen LogP) is 9.66. The molecule has 0 fully saturated rings. The summed E-state index contributed by atoms with van der Waals surface area (Å²) in [4.78, 5) is 0. The third-order valence-corrected chi connectivity index (χ3v) is 5.84. The van der Waals surface area contributed by atoms with Gasteiger partial charge in [-0.05, 0) is 77.1 Å². The molecule has 4 rings (SSSR count). The molecule has 0 bridgehead atoms. The molecule has 39 heavy (non-hydrogen) atoms. The Morgan fingerprint density at radius 3 is 1.79 bits per heavy atom. The van der Waals surface area contributed by atoms with Crippen molar-refractivity contribution >= 4 is 0 Å². The minimum atomic E-state index is -3.65. The van der Waals surface area contributed by atoms with Crippen molar-refractivity contribution < 1.29 is 35.8 Å². The molecule has 0 aliphatic rings. The van der Waals surface area contributed by atoms with Gasteiger partial charge in [-0.15, -0.1) is 6.58 Å². The molecule has 0 amide bonds. The van der Waals surface area contributed by atoms with Crippen molar-refractivity contribution in [1.29, 1.82) is 0 Å². The SMILES string of the molecule is C=CCCc1ccc(-c2ccc(C(F)(F)Oc3ccc(-c4cc(F)c(OC=C(F)F)c(F)c4)cc3)cc2)cc1. The van der Waals surface area contributed by atoms with Crippen LogP contribution in [0.25, 0.3) is 22.3 Å². The van der Waals surface area contributed by atoms with Crippen LogP contribution in [0.15, 0.2) is 110 Å². The fourth-order valence-electron chi connectivity index (χ4n) is 3.85. The molecule has 0 atom stereocenters. The molecule has 200 valence electrons. The Labute approximate surface area is 221 Å². The smallest absolute Gasteiger partial charge is 0.426 e. The van der Waals surface area contributed by atoms with Gasteiger partial charge in [0, 0.05) is 0 Å². The number of hydrogen-bond acceptors (Lipinski definition) is 2. The first-order valence-electron chi connectivity index (χ1n) is 11.8. The summed E-state index contributed by atoms with van der Waals surface area (Å²) in [5.74, 6) is -3.58. The third kappa shape index (κ3) is 6.90. The van der Waals surface area contributed by atoms with Gasteiger partial charge in [0.1, 0.15) is 5.75 Å². The van der Waals surface area contributed by atoms with E-state index in [0.29, 0.717) is 0 Å². The zero-order valence-electron chi connectivity index (χ0n) is 20.4. The lowest BCUT2D eigenvalue weighted by atomic mass is 10.0. The van der Waals surface area contributed by atoms with Gasteiger partial charge in [0.2, 0.25) is 0 Å². The van der Waals surface area contributed by atoms with E-state index in [-0.39, 0.29) is 28.7 Å². The number of hydrogen-bond donors (Lipinski definition) is 0. The third-order valence-electron chi connectivity index (χ3n) is 5.84. The number of ether oxygens (including phenoxy) is 2. The topological polar surface area (TPSA) is 18.5 Å². The van der Waals surface area contributed by atoms with Crippen molar-refractivity contribution in [2.45, 2.75) is 19.0 Å². The minimum absolute atomic E-state index is 0.0460. The Kier molecular flexibility index (Phi) is 8.44. The molecule has 2 nitrogen and oxygen atoms in total. The summed E-state index contributed by atoms with van der Waals surface area (Å²) < 4.78 is 91.6. The Hall–Kier alpha value is -4.46. The Morgan fingerprint density at radius 2 is 1.26 bits per heavy atom. The van der Waals surface area contributed by atoms with Crippen molar-refractivity contribution in [2.75, 3.05) is 0 Å². The van der Waals surface area contributed by atoms with E-state index >= 15 is 0 Å². The van der Waals surface area contributed by atoms with Crippen molar-refractivity contribution in [2.24, 2.45) is 0 Å². The van der Waals surface area contributed by atoms with Crippen LogP contribution in [0.2, 0.25) is 0 Å². The second-order valence-corrected chi connectivity index (χ2v) is 8.54. The van der Waals surface area contributed by atoms with Gasteiger partial charge in [0.15, 0.2) is 23.6 Å². The van der Waals surface area contributed by atoms with Crippen LogP contribution in [0, 0.1) is 11.6 Å². The molecule has 0 N–H and O–H groups in total. The number of alkyl halides is 2. The number of allylic oxidation sites excluding steroid dienone is 1. The summed E-state index contributed by atoms with van der Waals surface area (Å²) in [6.45, 7) is 3.71. The maximum atomic E-state index is 14.8. The fourth-order valence-corrected chi connectivity index (χ4v) is 3.85. The molecule has 4 aromatic rings. The van der Waals surface area contributed by atoms with Crippen molar-refractivity contribution in [3.63, 3.8) is 0 Å². The largest absolute Gasteiger partial charge is 0.453 e. The molecule has 0 saturated heterocycles. The van der Waals surface area contributed by atoms with E-state index in [1.807, 2.05) is 30.3 Å². The van der Waals surface area contributed by atoms with Crippen LogP contribution in [-0.4, -0.2) is 0 Å². The second kappa shape index (κ2) is 11.9. The average Bonchev–Trinajstić information content (AvgIpc) is 2.92. The number of aryl methyl sites for hydroxylation is 1. The number of halogens is 6. The summed E-state index contributed by atoms with van der Waals surface area (Å²) >= 11 is 0. The Balaban J connectivity index is 1.45. The van der Waals surface area contributed by atoms with Gasteiger partial charge < -0.3 is 9.47 Å². The lowest BCUT2D eigenvalue weighted by Gasteiger charge is -2.19. The van der Waals surface area contributed by atoms with Crippen LogP contribution >= 0.6 is 0 Å². The first-order valence-corrected chi connectivity index (χ1v) is 11.8. The maximum Gasteiger partial charge on any atom is 0.426 e. The molecule has 0 heterocycles. The highest BCUT2D eigenvalue weighted by molar-refractivity contribution is 5.66. The molecule has 0 aliphatic carbocycles. The lowest BCUT2D eigenvalue weighted by molar-refractivity contribution is -0.185. The number of rotatable bonds is 10. The van der Waals surface area contributed by atoms with E-state index in [4.69, 9.17) is 4.74 Å². The summed E-state index contributed by atoms with van der Waals surface area (Å²) in [5, 5.41) is 0. The molecule has 0 unspecified atom stereocenters. The van der Waals surface area contributed by atoms with Gasteiger partial charge in [-0.3, -0.25) is 0 Å². The zero-order chi connectivity index (χ0) is 28.0. The standard InChI is InChI=1S/C31H22F6O2/c1-2-3-4-20-5-7-21(8-6-20)22-9-13-25(14-10-22)31(36,37)39-26-15-11-23(12-16-26)24-17-27(32)30(28(33)18-24)38-19-29(34)35/h2,5-19H,1,3-4H2. The van der Waals surface area contributed by atoms with E-state index in [0.717, 1.165) is 41.7 Å². The molecule has 8 heteroatoms. The van der Waals surface area contributed by atoms with E-state index in [1.165, 1.54) is 36.4 Å². The lowest BCUT2D eigenvalue weighted by Crippen LogP contribution is -2.21. The van der Waals surface area contributed by atoms with Gasteiger partial charge in [-0.25, -0.2) is 8.78 Å². The van der Waals surface area contributed by atoms with Crippen LogP contribution in [-0.2, 0) is 12.5 Å². The summed E-state index contributed by atoms with van der Waals surface area (Å²) in [5.41, 5.74) is 2.80. The number of benzene rings is 4. The molecular formula is C31H22F6O2. The van der Waals surface area contributed by atoms with Crippen molar-refractivity contribution in [3.05, 3.63) is 133 Å². The molecular weight excluding hydrogens is 518 g/mol. The van der Waals surface area contributed by atoms with Crippen LogP contribution in [0.1, 0.15) is 17.5 Å². The quantitative estimate of drug-likeness (QED) is 0.113. The zero-order valence-corrected chi connectivity index (χ0v) is 20.4. The maximum absolute atomic E-state index is 14.8. The van der Waals surface area contributed by atoms with Gasteiger partial charge in [0.25, 0.3) is 0 Å². The normalized spacial score (nSPS) is 11.1. The van der Waals surface area contributed by atoms with Crippen LogP contribution < -0.4 is 9.47 Å². The Morgan fingerprint density at radius 1 is 0.744 bits per heavy atom. The average molecular weight is 541 g/mol. The second-order valence-electron chi connectivity index (χ2n) is 8.54. The summed E-state index contributed by atoms with van der Waals surface area (Å²) in [6, 6.07) is 20.5. The predicted molar refractivity (Wildman–Crippen MR) is 138 cm³/mol. The van der Waals surface area contributed by atoms with Gasteiger partial charge in [0.05, 0.1) is 5.56 Å². The highest BCUT2D eigenvalue weighted by atomic mass is 19.3. The van der Waals surface area contributed by atoms with Crippen LogP contribution in [0.3, 0.4) is 0 Å². The minimum Gasteiger partial charge on any atom is -0.453 e. The molecule has 0 saturated carbocycles. The van der Waals surface area contributed by atoms with Crippen LogP contribution in [0.4, 0.5) is 26.3 Å². The molecule has 0 spiro atoms. The molecule has 4 aromatic carbocycles. The summed E-state index contributed by atoms with van der Waals surface area (Å²) in [6.07, 6.45) is -2.39. The monoisotopic (exact) mass is 540 g/mol. The van der Waals surface area contributed by atoms with E-state index in [1.54, 1.807) is 12.1 Å². The first kappa shape index (κ1) is 27.6. The summed E-state index contributed by atoms with van der Waals surface area (Å²) in [7, 11) is 0. The van der Waals surface area contributed by atoms with Crippen LogP contribution in [0.5, 0.6) is 11.5 Å². The first-order chi connectivity index (χ1) is 18.7.